The maximum atomic E-state index is 12.4. The molecule has 0 spiro atoms. The Morgan fingerprint density at radius 2 is 1.96 bits per heavy atom. The lowest BCUT2D eigenvalue weighted by Gasteiger charge is -2.32. The number of aromatic nitrogens is 1. The molecule has 2 N–H and O–H groups in total. The van der Waals surface area contributed by atoms with Gasteiger partial charge in [-0.25, -0.2) is 4.98 Å². The molecule has 1 saturated heterocycles. The summed E-state index contributed by atoms with van der Waals surface area (Å²) < 4.78 is 0. The van der Waals surface area contributed by atoms with Crippen molar-refractivity contribution in [2.24, 2.45) is 0 Å². The molecule has 0 atom stereocenters. The van der Waals surface area contributed by atoms with E-state index >= 15 is 0 Å². The van der Waals surface area contributed by atoms with Gasteiger partial charge in [0.05, 0.1) is 0 Å². The number of pyridine rings is 1. The Balaban J connectivity index is 1.49. The third-order valence-corrected chi connectivity index (χ3v) is 4.45. The van der Waals surface area contributed by atoms with E-state index in [0.29, 0.717) is 11.4 Å². The highest BCUT2D eigenvalue weighted by Crippen LogP contribution is 2.15. The molecule has 1 aromatic carbocycles. The standard InChI is InChI=1S/C19H24N4O/c1-20-18-13-16(7-10-21-18)19(24)22-17-8-11-23(12-9-17)14-15-5-3-2-4-6-15/h2-7,10,13,17H,8-9,11-12,14H2,1H3,(H,20,21)(H,22,24). The monoisotopic (exact) mass is 324 g/mol. The third-order valence-electron chi connectivity index (χ3n) is 4.45. The fourth-order valence-corrected chi connectivity index (χ4v) is 3.05. The Kier molecular flexibility index (Phi) is 5.43. The van der Waals surface area contributed by atoms with Crippen LogP contribution in [0.3, 0.4) is 0 Å². The van der Waals surface area contributed by atoms with Gasteiger partial charge in [-0.05, 0) is 30.5 Å². The van der Waals surface area contributed by atoms with Crippen molar-refractivity contribution in [3.05, 3.63) is 59.8 Å². The SMILES string of the molecule is CNc1cc(C(=O)NC2CCN(Cc3ccccc3)CC2)ccn1. The fourth-order valence-electron chi connectivity index (χ4n) is 3.05. The lowest BCUT2D eigenvalue weighted by molar-refractivity contribution is 0.0909. The summed E-state index contributed by atoms with van der Waals surface area (Å²) in [7, 11) is 1.80. The van der Waals surface area contributed by atoms with Gasteiger partial charge >= 0.3 is 0 Å². The summed E-state index contributed by atoms with van der Waals surface area (Å²) in [6.45, 7) is 3.01. The van der Waals surface area contributed by atoms with Crippen LogP contribution in [0.15, 0.2) is 48.7 Å². The van der Waals surface area contributed by atoms with Crippen molar-refractivity contribution in [2.45, 2.75) is 25.4 Å². The van der Waals surface area contributed by atoms with Crippen LogP contribution in [-0.2, 0) is 6.54 Å². The Morgan fingerprint density at radius 1 is 1.21 bits per heavy atom. The molecule has 5 nitrogen and oxygen atoms in total. The van der Waals surface area contributed by atoms with Crippen LogP contribution in [-0.4, -0.2) is 42.0 Å². The smallest absolute Gasteiger partial charge is 0.251 e. The number of amides is 1. The summed E-state index contributed by atoms with van der Waals surface area (Å²) in [5, 5.41) is 6.11. The average molecular weight is 324 g/mol. The first-order valence-electron chi connectivity index (χ1n) is 8.45. The maximum absolute atomic E-state index is 12.4. The van der Waals surface area contributed by atoms with Crippen LogP contribution in [0.5, 0.6) is 0 Å². The molecule has 1 aliphatic heterocycles. The van der Waals surface area contributed by atoms with Crippen LogP contribution < -0.4 is 10.6 Å². The number of carbonyl (C=O) groups is 1. The zero-order valence-electron chi connectivity index (χ0n) is 14.0. The zero-order chi connectivity index (χ0) is 16.8. The van der Waals surface area contributed by atoms with Gasteiger partial charge in [0.2, 0.25) is 0 Å². The van der Waals surface area contributed by atoms with Gasteiger partial charge in [-0.15, -0.1) is 0 Å². The zero-order valence-corrected chi connectivity index (χ0v) is 14.0. The Hall–Kier alpha value is -2.40. The summed E-state index contributed by atoms with van der Waals surface area (Å²) in [4.78, 5) is 19.0. The molecule has 2 aromatic rings. The molecule has 1 amide bonds. The average Bonchev–Trinajstić information content (AvgIpc) is 2.64. The third kappa shape index (κ3) is 4.32. The van der Waals surface area contributed by atoms with Gasteiger partial charge in [0.25, 0.3) is 5.91 Å². The van der Waals surface area contributed by atoms with E-state index in [2.05, 4.69) is 44.8 Å². The van der Waals surface area contributed by atoms with Crippen molar-refractivity contribution in [2.75, 3.05) is 25.5 Å². The fraction of sp³-hybridized carbons (Fsp3) is 0.368. The van der Waals surface area contributed by atoms with Crippen LogP contribution in [0.25, 0.3) is 0 Å². The second kappa shape index (κ2) is 7.93. The predicted molar refractivity (Wildman–Crippen MR) is 96.0 cm³/mol. The van der Waals surface area contributed by atoms with E-state index in [0.717, 1.165) is 32.5 Å². The quantitative estimate of drug-likeness (QED) is 0.887. The van der Waals surface area contributed by atoms with Crippen molar-refractivity contribution in [3.8, 4) is 0 Å². The highest BCUT2D eigenvalue weighted by Gasteiger charge is 2.21. The van der Waals surface area contributed by atoms with Crippen molar-refractivity contribution >= 4 is 11.7 Å². The number of hydrogen-bond acceptors (Lipinski definition) is 4. The molecule has 24 heavy (non-hydrogen) atoms. The lowest BCUT2D eigenvalue weighted by Crippen LogP contribution is -2.44. The Morgan fingerprint density at radius 3 is 2.67 bits per heavy atom. The number of rotatable bonds is 5. The molecule has 0 bridgehead atoms. The number of nitrogens with one attached hydrogen (secondary N) is 2. The van der Waals surface area contributed by atoms with Crippen molar-refractivity contribution in [1.82, 2.24) is 15.2 Å². The van der Waals surface area contributed by atoms with Crippen LogP contribution in [0.1, 0.15) is 28.8 Å². The number of benzene rings is 1. The van der Waals surface area contributed by atoms with Gasteiger partial charge in [0, 0.05) is 44.5 Å². The van der Waals surface area contributed by atoms with Gasteiger partial charge < -0.3 is 10.6 Å². The molecule has 1 aromatic heterocycles. The topological polar surface area (TPSA) is 57.3 Å². The first kappa shape index (κ1) is 16.5. The van der Waals surface area contributed by atoms with Crippen LogP contribution in [0.4, 0.5) is 5.82 Å². The lowest BCUT2D eigenvalue weighted by atomic mass is 10.0. The number of likely N-dealkylation sites (tertiary alicyclic amines) is 1. The Labute approximate surface area is 143 Å². The molecule has 126 valence electrons. The van der Waals surface area contributed by atoms with E-state index in [-0.39, 0.29) is 11.9 Å². The van der Waals surface area contributed by atoms with E-state index in [9.17, 15) is 4.79 Å². The van der Waals surface area contributed by atoms with Gasteiger partial charge in [-0.3, -0.25) is 9.69 Å². The van der Waals surface area contributed by atoms with Gasteiger partial charge in [-0.2, -0.15) is 0 Å². The number of piperidine rings is 1. The van der Waals surface area contributed by atoms with Crippen LogP contribution >= 0.6 is 0 Å². The number of nitrogens with zero attached hydrogens (tertiary/aromatic N) is 2. The molecule has 1 fully saturated rings. The van der Waals surface area contributed by atoms with E-state index in [1.165, 1.54) is 5.56 Å². The molecule has 0 aliphatic carbocycles. The van der Waals surface area contributed by atoms with Crippen LogP contribution in [0, 0.1) is 0 Å². The predicted octanol–water partition coefficient (Wildman–Crippen LogP) is 2.52. The van der Waals surface area contributed by atoms with Crippen molar-refractivity contribution in [1.29, 1.82) is 0 Å². The van der Waals surface area contributed by atoms with Gasteiger partial charge in [0.15, 0.2) is 0 Å². The minimum Gasteiger partial charge on any atom is -0.373 e. The van der Waals surface area contributed by atoms with Crippen molar-refractivity contribution < 1.29 is 4.79 Å². The molecule has 0 unspecified atom stereocenters. The summed E-state index contributed by atoms with van der Waals surface area (Å²) in [6, 6.07) is 14.3. The minimum atomic E-state index is -0.0181. The van der Waals surface area contributed by atoms with Gasteiger partial charge in [-0.1, -0.05) is 30.3 Å². The van der Waals surface area contributed by atoms with E-state index in [1.54, 1.807) is 25.4 Å². The summed E-state index contributed by atoms with van der Waals surface area (Å²) in [5.74, 6) is 0.690. The minimum absolute atomic E-state index is 0.0181. The normalized spacial score (nSPS) is 15.9. The molecule has 3 rings (SSSR count). The Bertz CT molecular complexity index is 666. The number of anilines is 1. The highest BCUT2D eigenvalue weighted by molar-refractivity contribution is 5.94. The summed E-state index contributed by atoms with van der Waals surface area (Å²) >= 11 is 0. The molecule has 0 saturated carbocycles. The molecular formula is C19H24N4O. The van der Waals surface area contributed by atoms with Crippen molar-refractivity contribution in [3.63, 3.8) is 0 Å². The maximum Gasteiger partial charge on any atom is 0.251 e. The molecule has 0 radical (unpaired) electrons. The summed E-state index contributed by atoms with van der Waals surface area (Å²) in [6.07, 6.45) is 3.63. The van der Waals surface area contributed by atoms with Gasteiger partial charge in [0.1, 0.15) is 5.82 Å². The first-order valence-corrected chi connectivity index (χ1v) is 8.45. The molecular weight excluding hydrogens is 300 g/mol. The van der Waals surface area contributed by atoms with E-state index in [4.69, 9.17) is 0 Å². The van der Waals surface area contributed by atoms with E-state index < -0.39 is 0 Å². The highest BCUT2D eigenvalue weighted by atomic mass is 16.1. The van der Waals surface area contributed by atoms with E-state index in [1.807, 2.05) is 6.07 Å². The largest absolute Gasteiger partial charge is 0.373 e. The first-order chi connectivity index (χ1) is 11.7. The number of carbonyl (C=O) groups excluding carboxylic acids is 1. The molecule has 2 heterocycles. The summed E-state index contributed by atoms with van der Waals surface area (Å²) in [5.41, 5.74) is 2.00. The second-order valence-electron chi connectivity index (χ2n) is 6.19. The van der Waals surface area contributed by atoms with Crippen LogP contribution in [0.2, 0.25) is 0 Å². The second-order valence-corrected chi connectivity index (χ2v) is 6.19. The molecule has 1 aliphatic rings. The molecule has 5 heteroatoms. The number of hydrogen-bond donors (Lipinski definition) is 2.